The van der Waals surface area contributed by atoms with Crippen molar-refractivity contribution >= 4 is 11.6 Å². The third kappa shape index (κ3) is 4.46. The Morgan fingerprint density at radius 3 is 1.50 bits per heavy atom. The highest BCUT2D eigenvalue weighted by molar-refractivity contribution is 5.99. The van der Waals surface area contributed by atoms with E-state index in [2.05, 4.69) is 0 Å². The molecule has 0 radical (unpaired) electrons. The summed E-state index contributed by atoms with van der Waals surface area (Å²) in [5.74, 6) is -0.600. The second kappa shape index (κ2) is 8.09. The molecule has 2 N–H and O–H groups in total. The minimum Gasteiger partial charge on any atom is -0.508 e. The van der Waals surface area contributed by atoms with Crippen LogP contribution < -0.4 is 0 Å². The zero-order valence-corrected chi connectivity index (χ0v) is 15.9. The van der Waals surface area contributed by atoms with Gasteiger partial charge in [-0.25, -0.2) is 0 Å². The first-order valence-electron chi connectivity index (χ1n) is 9.07. The summed E-state index contributed by atoms with van der Waals surface area (Å²) in [6.45, 7) is 3.81. The van der Waals surface area contributed by atoms with Gasteiger partial charge in [0.25, 0.3) is 0 Å². The molecule has 3 aromatic carbocycles. The molecule has 0 aromatic heterocycles. The van der Waals surface area contributed by atoms with E-state index in [4.69, 9.17) is 0 Å². The lowest BCUT2D eigenvalue weighted by Crippen LogP contribution is -2.07. The van der Waals surface area contributed by atoms with Crippen LogP contribution in [-0.2, 0) is 12.8 Å². The van der Waals surface area contributed by atoms with E-state index in [1.165, 1.54) is 12.1 Å². The molecule has 0 aliphatic rings. The quantitative estimate of drug-likeness (QED) is 0.620. The first-order chi connectivity index (χ1) is 13.3. The lowest BCUT2D eigenvalue weighted by atomic mass is 9.96. The molecule has 0 heterocycles. The standard InChI is InChI=1S/C24H22O4/c1-15-5-3-7-17(9-15)21(25)12-19-11-20(24(28)14-23(19)27)13-22(26)18-8-4-6-16(2)10-18/h3-11,14,27-28H,12-13H2,1-2H3. The average Bonchev–Trinajstić information content (AvgIpc) is 2.65. The summed E-state index contributed by atoms with van der Waals surface area (Å²) in [4.78, 5) is 25.1. The Labute approximate surface area is 164 Å². The number of aromatic hydroxyl groups is 2. The van der Waals surface area contributed by atoms with Crippen molar-refractivity contribution in [2.75, 3.05) is 0 Å². The van der Waals surface area contributed by atoms with Crippen molar-refractivity contribution in [1.29, 1.82) is 0 Å². The fourth-order valence-corrected chi connectivity index (χ4v) is 3.14. The van der Waals surface area contributed by atoms with E-state index in [-0.39, 0.29) is 35.9 Å². The molecule has 0 unspecified atom stereocenters. The van der Waals surface area contributed by atoms with Crippen molar-refractivity contribution in [2.45, 2.75) is 26.7 Å². The van der Waals surface area contributed by atoms with Gasteiger partial charge in [0.15, 0.2) is 11.6 Å². The van der Waals surface area contributed by atoms with E-state index in [1.807, 2.05) is 38.1 Å². The predicted molar refractivity (Wildman–Crippen MR) is 108 cm³/mol. The molecule has 28 heavy (non-hydrogen) atoms. The zero-order chi connectivity index (χ0) is 20.3. The number of hydrogen-bond acceptors (Lipinski definition) is 4. The summed E-state index contributed by atoms with van der Waals surface area (Å²) in [5, 5.41) is 20.3. The number of phenolic OH excluding ortho intramolecular Hbond substituents is 2. The zero-order valence-electron chi connectivity index (χ0n) is 15.9. The number of hydrogen-bond donors (Lipinski definition) is 2. The van der Waals surface area contributed by atoms with Gasteiger partial charge >= 0.3 is 0 Å². The molecule has 0 aliphatic carbocycles. The summed E-state index contributed by atoms with van der Waals surface area (Å²) in [7, 11) is 0. The number of carbonyl (C=O) groups is 2. The van der Waals surface area contributed by atoms with E-state index in [9.17, 15) is 19.8 Å². The van der Waals surface area contributed by atoms with Gasteiger partial charge in [-0.1, -0.05) is 47.5 Å². The number of aryl methyl sites for hydroxylation is 2. The molecule has 0 saturated heterocycles. The van der Waals surface area contributed by atoms with E-state index in [0.717, 1.165) is 11.1 Å². The Hall–Kier alpha value is -3.40. The van der Waals surface area contributed by atoms with Crippen molar-refractivity contribution in [2.24, 2.45) is 0 Å². The Morgan fingerprint density at radius 2 is 1.11 bits per heavy atom. The third-order valence-electron chi connectivity index (χ3n) is 4.66. The first-order valence-corrected chi connectivity index (χ1v) is 9.07. The van der Waals surface area contributed by atoms with Gasteiger partial charge in [0.2, 0.25) is 0 Å². The maximum Gasteiger partial charge on any atom is 0.167 e. The molecular formula is C24H22O4. The number of phenols is 2. The van der Waals surface area contributed by atoms with Crippen LogP contribution in [0.1, 0.15) is 43.0 Å². The van der Waals surface area contributed by atoms with Crippen LogP contribution in [0.2, 0.25) is 0 Å². The maximum atomic E-state index is 12.6. The minimum atomic E-state index is -0.162. The molecule has 4 nitrogen and oxygen atoms in total. The van der Waals surface area contributed by atoms with Gasteiger partial charge in [-0.3, -0.25) is 9.59 Å². The van der Waals surface area contributed by atoms with Crippen LogP contribution in [0.25, 0.3) is 0 Å². The summed E-state index contributed by atoms with van der Waals surface area (Å²) < 4.78 is 0. The van der Waals surface area contributed by atoms with Crippen molar-refractivity contribution < 1.29 is 19.8 Å². The molecule has 0 atom stereocenters. The van der Waals surface area contributed by atoms with Gasteiger partial charge in [-0.05, 0) is 32.0 Å². The van der Waals surface area contributed by atoms with Crippen molar-refractivity contribution in [1.82, 2.24) is 0 Å². The van der Waals surface area contributed by atoms with Crippen LogP contribution in [0, 0.1) is 13.8 Å². The molecule has 3 rings (SSSR count). The van der Waals surface area contributed by atoms with Gasteiger partial charge in [-0.2, -0.15) is 0 Å². The van der Waals surface area contributed by atoms with Crippen molar-refractivity contribution in [3.63, 3.8) is 0 Å². The maximum absolute atomic E-state index is 12.6. The molecule has 0 aliphatic heterocycles. The molecule has 3 aromatic rings. The summed E-state index contributed by atoms with van der Waals surface area (Å²) in [6.07, 6.45) is -0.0254. The second-order valence-corrected chi connectivity index (χ2v) is 7.05. The largest absolute Gasteiger partial charge is 0.508 e. The van der Waals surface area contributed by atoms with Crippen molar-refractivity contribution in [3.8, 4) is 11.5 Å². The number of ketones is 2. The topological polar surface area (TPSA) is 74.6 Å². The highest BCUT2D eigenvalue weighted by Crippen LogP contribution is 2.29. The third-order valence-corrected chi connectivity index (χ3v) is 4.66. The molecule has 142 valence electrons. The lowest BCUT2D eigenvalue weighted by Gasteiger charge is -2.10. The van der Waals surface area contributed by atoms with Crippen LogP contribution in [0.5, 0.6) is 11.5 Å². The van der Waals surface area contributed by atoms with Crippen LogP contribution in [0.4, 0.5) is 0 Å². The van der Waals surface area contributed by atoms with Crippen LogP contribution in [0.15, 0.2) is 60.7 Å². The molecular weight excluding hydrogens is 352 g/mol. The molecule has 0 fully saturated rings. The highest BCUT2D eigenvalue weighted by atomic mass is 16.3. The first kappa shape index (κ1) is 19.4. The van der Waals surface area contributed by atoms with Gasteiger partial charge in [0.1, 0.15) is 11.5 Å². The fourth-order valence-electron chi connectivity index (χ4n) is 3.14. The minimum absolute atomic E-state index is 0.0127. The molecule has 0 spiro atoms. The average molecular weight is 374 g/mol. The molecule has 0 saturated carbocycles. The highest BCUT2D eigenvalue weighted by Gasteiger charge is 2.16. The number of Topliss-reactive ketones (excluding diaryl/α,β-unsaturated/α-hetero) is 2. The Bertz CT molecular complexity index is 969. The van der Waals surface area contributed by atoms with E-state index in [0.29, 0.717) is 22.3 Å². The number of carbonyl (C=O) groups excluding carboxylic acids is 2. The van der Waals surface area contributed by atoms with E-state index in [1.54, 1.807) is 24.3 Å². The lowest BCUT2D eigenvalue weighted by molar-refractivity contribution is 0.0986. The monoisotopic (exact) mass is 374 g/mol. The summed E-state index contributed by atoms with van der Waals surface area (Å²) in [5.41, 5.74) is 3.85. The Morgan fingerprint density at radius 1 is 0.679 bits per heavy atom. The number of rotatable bonds is 6. The van der Waals surface area contributed by atoms with Crippen LogP contribution in [0.3, 0.4) is 0 Å². The molecule has 0 bridgehead atoms. The van der Waals surface area contributed by atoms with E-state index < -0.39 is 0 Å². The SMILES string of the molecule is Cc1cccc(C(=O)Cc2cc(CC(=O)c3cccc(C)c3)c(O)cc2O)c1. The fraction of sp³-hybridized carbons (Fsp3) is 0.167. The van der Waals surface area contributed by atoms with Crippen LogP contribution >= 0.6 is 0 Å². The van der Waals surface area contributed by atoms with Crippen molar-refractivity contribution in [3.05, 3.63) is 94.0 Å². The summed E-state index contributed by atoms with van der Waals surface area (Å²) >= 11 is 0. The summed E-state index contributed by atoms with van der Waals surface area (Å²) in [6, 6.07) is 17.2. The Kier molecular flexibility index (Phi) is 5.59. The second-order valence-electron chi connectivity index (χ2n) is 7.05. The number of benzene rings is 3. The van der Waals surface area contributed by atoms with Crippen LogP contribution in [-0.4, -0.2) is 21.8 Å². The van der Waals surface area contributed by atoms with Gasteiger partial charge in [0, 0.05) is 41.2 Å². The molecule has 0 amide bonds. The normalized spacial score (nSPS) is 10.6. The van der Waals surface area contributed by atoms with Gasteiger partial charge < -0.3 is 10.2 Å². The van der Waals surface area contributed by atoms with Gasteiger partial charge in [-0.15, -0.1) is 0 Å². The smallest absolute Gasteiger partial charge is 0.167 e. The predicted octanol–water partition coefficient (Wildman–Crippen LogP) is 4.57. The van der Waals surface area contributed by atoms with E-state index >= 15 is 0 Å². The molecule has 4 heteroatoms. The van der Waals surface area contributed by atoms with Gasteiger partial charge in [0.05, 0.1) is 0 Å². The Balaban J connectivity index is 1.84.